The van der Waals surface area contributed by atoms with Gasteiger partial charge in [0.05, 0.1) is 6.54 Å². The first-order valence-electron chi connectivity index (χ1n) is 5.29. The second kappa shape index (κ2) is 5.49. The Kier molecular flexibility index (Phi) is 4.51. The first kappa shape index (κ1) is 14.0. The number of halogens is 4. The number of benzene rings is 1. The van der Waals surface area contributed by atoms with E-state index in [1.807, 2.05) is 19.1 Å². The third-order valence-corrected chi connectivity index (χ3v) is 2.51. The van der Waals surface area contributed by atoms with Crippen LogP contribution in [0.4, 0.5) is 17.6 Å². The van der Waals surface area contributed by atoms with Gasteiger partial charge in [0.15, 0.2) is 0 Å². The molecule has 1 unspecified atom stereocenters. The summed E-state index contributed by atoms with van der Waals surface area (Å²) in [5.74, 6) is -3.99. The average Bonchev–Trinajstić information content (AvgIpc) is 2.25. The fourth-order valence-electron chi connectivity index (χ4n) is 1.42. The van der Waals surface area contributed by atoms with E-state index < -0.39 is 18.9 Å². The average molecular weight is 249 g/mol. The lowest BCUT2D eigenvalue weighted by Gasteiger charge is -2.20. The van der Waals surface area contributed by atoms with Crippen LogP contribution in [0.5, 0.6) is 0 Å². The van der Waals surface area contributed by atoms with Crippen molar-refractivity contribution in [2.45, 2.75) is 32.2 Å². The number of aryl methyl sites for hydroxylation is 1. The molecule has 0 bridgehead atoms. The maximum Gasteiger partial charge on any atom is 0.319 e. The van der Waals surface area contributed by atoms with Crippen molar-refractivity contribution < 1.29 is 17.6 Å². The van der Waals surface area contributed by atoms with Gasteiger partial charge in [0.25, 0.3) is 0 Å². The second-order valence-corrected chi connectivity index (χ2v) is 4.08. The molecule has 0 aromatic heterocycles. The summed E-state index contributed by atoms with van der Waals surface area (Å²) < 4.78 is 49.3. The van der Waals surface area contributed by atoms with Crippen LogP contribution in [0.25, 0.3) is 0 Å². The molecule has 0 saturated carbocycles. The third-order valence-electron chi connectivity index (χ3n) is 2.51. The lowest BCUT2D eigenvalue weighted by atomic mass is 10.1. The molecule has 0 aliphatic heterocycles. The van der Waals surface area contributed by atoms with E-state index in [1.165, 1.54) is 0 Å². The topological polar surface area (TPSA) is 12.0 Å². The van der Waals surface area contributed by atoms with Gasteiger partial charge in [0, 0.05) is 6.04 Å². The zero-order chi connectivity index (χ0) is 13.1. The molecule has 0 aliphatic carbocycles. The molecule has 0 amide bonds. The first-order chi connectivity index (χ1) is 7.83. The van der Waals surface area contributed by atoms with Crippen molar-refractivity contribution in [1.29, 1.82) is 0 Å². The normalized spacial score (nSPS) is 14.1. The highest BCUT2D eigenvalue weighted by molar-refractivity contribution is 5.24. The number of nitrogens with one attached hydrogen (secondary N) is 1. The van der Waals surface area contributed by atoms with Crippen LogP contribution in [0.2, 0.25) is 0 Å². The summed E-state index contributed by atoms with van der Waals surface area (Å²) in [5.41, 5.74) is 1.80. The number of alkyl halides is 4. The first-order valence-corrected chi connectivity index (χ1v) is 5.29. The number of rotatable bonds is 5. The van der Waals surface area contributed by atoms with Crippen molar-refractivity contribution in [2.24, 2.45) is 0 Å². The van der Waals surface area contributed by atoms with Gasteiger partial charge in [-0.2, -0.15) is 8.78 Å². The molecule has 1 aromatic rings. The summed E-state index contributed by atoms with van der Waals surface area (Å²) in [5, 5.41) is 2.42. The van der Waals surface area contributed by atoms with Crippen molar-refractivity contribution in [3.63, 3.8) is 0 Å². The molecule has 0 aliphatic rings. The number of hydrogen-bond donors (Lipinski definition) is 1. The van der Waals surface area contributed by atoms with Gasteiger partial charge in [0.2, 0.25) is 0 Å². The maximum absolute atomic E-state index is 12.7. The third kappa shape index (κ3) is 4.00. The van der Waals surface area contributed by atoms with Crippen LogP contribution >= 0.6 is 0 Å². The highest BCUT2D eigenvalue weighted by Crippen LogP contribution is 2.23. The van der Waals surface area contributed by atoms with Gasteiger partial charge in [-0.25, -0.2) is 8.78 Å². The van der Waals surface area contributed by atoms with Crippen LogP contribution in [-0.4, -0.2) is 18.9 Å². The van der Waals surface area contributed by atoms with Crippen LogP contribution in [-0.2, 0) is 0 Å². The van der Waals surface area contributed by atoms with Crippen LogP contribution in [0.15, 0.2) is 24.3 Å². The van der Waals surface area contributed by atoms with E-state index in [4.69, 9.17) is 0 Å². The Labute approximate surface area is 97.8 Å². The maximum atomic E-state index is 12.7. The predicted molar refractivity (Wildman–Crippen MR) is 58.5 cm³/mol. The van der Waals surface area contributed by atoms with E-state index in [0.717, 1.165) is 11.1 Å². The van der Waals surface area contributed by atoms with Gasteiger partial charge in [-0.3, -0.25) is 0 Å². The minimum absolute atomic E-state index is 0.389. The van der Waals surface area contributed by atoms with Gasteiger partial charge < -0.3 is 5.32 Å². The standard InChI is InChI=1S/C12H15F4N/c1-8-4-3-5-10(6-8)9(2)17-7-12(15,16)11(13)14/h3-6,9,11,17H,7H2,1-2H3. The smallest absolute Gasteiger partial charge is 0.304 e. The molecular weight excluding hydrogens is 234 g/mol. The zero-order valence-electron chi connectivity index (χ0n) is 9.68. The summed E-state index contributed by atoms with van der Waals surface area (Å²) in [6.07, 6.45) is -3.64. The molecule has 96 valence electrons. The molecule has 0 spiro atoms. The summed E-state index contributed by atoms with van der Waals surface area (Å²) in [4.78, 5) is 0. The van der Waals surface area contributed by atoms with E-state index in [-0.39, 0.29) is 6.04 Å². The predicted octanol–water partition coefficient (Wildman–Crippen LogP) is 3.55. The van der Waals surface area contributed by atoms with Gasteiger partial charge >= 0.3 is 12.3 Å². The van der Waals surface area contributed by atoms with E-state index in [9.17, 15) is 17.6 Å². The van der Waals surface area contributed by atoms with E-state index in [2.05, 4.69) is 5.32 Å². The molecule has 1 N–H and O–H groups in total. The Morgan fingerprint density at radius 1 is 1.29 bits per heavy atom. The summed E-state index contributed by atoms with van der Waals surface area (Å²) in [6, 6.07) is 6.89. The largest absolute Gasteiger partial charge is 0.319 e. The molecule has 0 saturated heterocycles. The molecule has 1 nitrogen and oxygen atoms in total. The second-order valence-electron chi connectivity index (χ2n) is 4.08. The van der Waals surface area contributed by atoms with Gasteiger partial charge in [0.1, 0.15) is 0 Å². The Bertz CT molecular complexity index is 365. The van der Waals surface area contributed by atoms with Crippen molar-refractivity contribution >= 4 is 0 Å². The van der Waals surface area contributed by atoms with Crippen molar-refractivity contribution in [2.75, 3.05) is 6.54 Å². The van der Waals surface area contributed by atoms with E-state index >= 15 is 0 Å². The van der Waals surface area contributed by atoms with Crippen molar-refractivity contribution in [3.8, 4) is 0 Å². The molecule has 0 fully saturated rings. The molecule has 5 heteroatoms. The Morgan fingerprint density at radius 2 is 1.94 bits per heavy atom. The Hall–Kier alpha value is -1.10. The quantitative estimate of drug-likeness (QED) is 0.787. The molecule has 1 rings (SSSR count). The Balaban J connectivity index is 2.59. The zero-order valence-corrected chi connectivity index (χ0v) is 9.68. The minimum atomic E-state index is -3.99. The van der Waals surface area contributed by atoms with Gasteiger partial charge in [-0.15, -0.1) is 0 Å². The van der Waals surface area contributed by atoms with Gasteiger partial charge in [-0.1, -0.05) is 29.8 Å². The highest BCUT2D eigenvalue weighted by Gasteiger charge is 2.40. The van der Waals surface area contributed by atoms with Gasteiger partial charge in [-0.05, 0) is 19.4 Å². The fourth-order valence-corrected chi connectivity index (χ4v) is 1.42. The lowest BCUT2D eigenvalue weighted by molar-refractivity contribution is -0.126. The van der Waals surface area contributed by atoms with Crippen LogP contribution in [0, 0.1) is 6.92 Å². The molecular formula is C12H15F4N. The number of hydrogen-bond acceptors (Lipinski definition) is 1. The van der Waals surface area contributed by atoms with Crippen LogP contribution < -0.4 is 5.32 Å². The summed E-state index contributed by atoms with van der Waals surface area (Å²) in [7, 11) is 0. The minimum Gasteiger partial charge on any atom is -0.304 e. The van der Waals surface area contributed by atoms with E-state index in [0.29, 0.717) is 0 Å². The molecule has 0 heterocycles. The molecule has 1 aromatic carbocycles. The lowest BCUT2D eigenvalue weighted by Crippen LogP contribution is -2.39. The summed E-state index contributed by atoms with van der Waals surface area (Å²) >= 11 is 0. The SMILES string of the molecule is Cc1cccc(C(C)NCC(F)(F)C(F)F)c1. The molecule has 1 atom stereocenters. The van der Waals surface area contributed by atoms with E-state index in [1.54, 1.807) is 19.1 Å². The summed E-state index contributed by atoms with van der Waals surface area (Å²) in [6.45, 7) is 2.51. The van der Waals surface area contributed by atoms with Crippen LogP contribution in [0.1, 0.15) is 24.1 Å². The molecule has 0 radical (unpaired) electrons. The monoisotopic (exact) mass is 249 g/mol. The van der Waals surface area contributed by atoms with Crippen LogP contribution in [0.3, 0.4) is 0 Å². The fraction of sp³-hybridized carbons (Fsp3) is 0.500. The van der Waals surface area contributed by atoms with Crippen molar-refractivity contribution in [3.05, 3.63) is 35.4 Å². The Morgan fingerprint density at radius 3 is 2.47 bits per heavy atom. The highest BCUT2D eigenvalue weighted by atomic mass is 19.3. The molecule has 17 heavy (non-hydrogen) atoms. The van der Waals surface area contributed by atoms with Crippen molar-refractivity contribution in [1.82, 2.24) is 5.32 Å².